The summed E-state index contributed by atoms with van der Waals surface area (Å²) in [6.45, 7) is 28.3. The lowest BCUT2D eigenvalue weighted by Crippen LogP contribution is -1.93. The van der Waals surface area contributed by atoms with E-state index in [1.165, 1.54) is 32.3 Å². The summed E-state index contributed by atoms with van der Waals surface area (Å²) in [4.78, 5) is 56.4. The van der Waals surface area contributed by atoms with Crippen molar-refractivity contribution in [1.82, 2.24) is 0 Å². The van der Waals surface area contributed by atoms with Gasteiger partial charge in [-0.2, -0.15) is 0 Å². The molecular weight excluding hydrogens is 1190 g/mol. The molecule has 0 aliphatic carbocycles. The number of para-hydroxylation sites is 1. The molecule has 0 radical (unpaired) electrons. The van der Waals surface area contributed by atoms with E-state index in [0.717, 1.165) is 63.2 Å². The highest BCUT2D eigenvalue weighted by molar-refractivity contribution is 5.88. The van der Waals surface area contributed by atoms with Crippen molar-refractivity contribution in [2.45, 2.75) is 111 Å². The van der Waals surface area contributed by atoms with Gasteiger partial charge in [-0.15, -0.1) is 0 Å². The first-order valence-corrected chi connectivity index (χ1v) is 29.5. The van der Waals surface area contributed by atoms with Crippen LogP contribution in [0.5, 0.6) is 5.75 Å². The van der Waals surface area contributed by atoms with Crippen molar-refractivity contribution in [3.63, 3.8) is 0 Å². The summed E-state index contributed by atoms with van der Waals surface area (Å²) in [6.07, 6.45) is 0. The van der Waals surface area contributed by atoms with Crippen molar-refractivity contribution in [3.05, 3.63) is 248 Å². The first-order chi connectivity index (χ1) is 44.8. The van der Waals surface area contributed by atoms with Crippen LogP contribution in [0.25, 0.3) is 32.3 Å². The van der Waals surface area contributed by atoms with Crippen molar-refractivity contribution in [3.8, 4) is 5.75 Å². The van der Waals surface area contributed by atoms with Gasteiger partial charge in [0.25, 0.3) is 23.9 Å². The predicted molar refractivity (Wildman–Crippen MR) is 389 cm³/mol. The second kappa shape index (κ2) is 98.4. The highest BCUT2D eigenvalue weighted by Gasteiger charge is 1.97. The quantitative estimate of drug-likeness (QED) is 0.0765. The normalized spacial score (nSPS) is 7.38. The highest BCUT2D eigenvalue weighted by atomic mass is 16.4. The van der Waals surface area contributed by atoms with Crippen molar-refractivity contribution in [2.75, 3.05) is 35.5 Å². The molecule has 0 saturated heterocycles. The van der Waals surface area contributed by atoms with Gasteiger partial charge in [0, 0.05) is 63.2 Å². The third-order valence-corrected chi connectivity index (χ3v) is 7.77. The molecule has 18 nitrogen and oxygen atoms in total. The number of hydrogen-bond donors (Lipinski definition) is 12. The molecule has 9 aromatic carbocycles. The van der Waals surface area contributed by atoms with E-state index >= 15 is 0 Å². The molecule has 0 amide bonds. The Bertz CT molecular complexity index is 2430. The van der Waals surface area contributed by atoms with Crippen molar-refractivity contribution < 1.29 is 90.0 Å². The number of phenolic OH excluding ortho intramolecular Hbond substituents is 1. The second-order valence-corrected chi connectivity index (χ2v) is 13.8. The minimum absolute atomic E-state index is 0.322. The maximum absolute atomic E-state index is 10.2. The number of hydrogen-bond acceptors (Lipinski definition) is 12. The van der Waals surface area contributed by atoms with Gasteiger partial charge in [-0.3, -0.25) is 19.2 Å². The molecule has 9 rings (SSSR count). The largest absolute Gasteiger partial charge is 0.508 e. The number of aliphatic carboxylic acids is 4. The summed E-state index contributed by atoms with van der Waals surface area (Å²) >= 11 is 0. The first-order valence-electron chi connectivity index (χ1n) is 29.5. The number of benzene rings is 9. The van der Waals surface area contributed by atoms with E-state index < -0.39 is 35.8 Å². The topological polar surface area (TPSA) is 345 Å². The summed E-state index contributed by atoms with van der Waals surface area (Å²) in [5, 5.41) is 97.9. The molecule has 93 heavy (non-hydrogen) atoms. The Balaban J connectivity index is -0.0000000769. The molecule has 0 heterocycles. The van der Waals surface area contributed by atoms with Crippen LogP contribution in [0.15, 0.2) is 237 Å². The van der Waals surface area contributed by atoms with Crippen LogP contribution in [0.1, 0.15) is 131 Å². The Morgan fingerprint density at radius 1 is 0.204 bits per heavy atom. The van der Waals surface area contributed by atoms with E-state index in [2.05, 4.69) is 146 Å². The molecular formula is C75H114O18. The van der Waals surface area contributed by atoms with Gasteiger partial charge < -0.3 is 61.3 Å². The number of phenols is 1. The molecule has 522 valence electrons. The van der Waals surface area contributed by atoms with Crippen LogP contribution in [-0.4, -0.2) is 133 Å². The number of aliphatic hydroxyl groups is 5. The zero-order valence-electron chi connectivity index (χ0n) is 58.8. The number of aromatic carboxylic acids is 2. The average Bonchev–Trinajstić information content (AvgIpc) is 1.31. The van der Waals surface area contributed by atoms with Crippen LogP contribution in [-0.2, 0) is 19.2 Å². The molecule has 0 bridgehead atoms. The number of carboxylic acids is 6. The fourth-order valence-corrected chi connectivity index (χ4v) is 4.99. The van der Waals surface area contributed by atoms with Gasteiger partial charge in [0.05, 0.1) is 11.1 Å². The number of aromatic hydroxyl groups is 1. The van der Waals surface area contributed by atoms with Gasteiger partial charge in [-0.1, -0.05) is 283 Å². The standard InChI is InChI=1S/3C10H8.2C7H6O2.C6H6O.4C2H4O2.6C2H6.5CH4O/c3*1-2-6-10-8-4-3-7-9(10)5-1;2*8-7(9)6-4-2-1-3-5-6;7-6-4-2-1-3-5-6;4*1-2(3)4;11*1-2/h3*1-8H;2*1-5H,(H,8,9);1-5,7H;4*1H3,(H,3,4);6*1-2H3;5*2H,1H3. The molecule has 0 saturated carbocycles. The fourth-order valence-electron chi connectivity index (χ4n) is 4.99. The predicted octanol–water partition coefficient (Wildman–Crippen LogP) is 17.2. The lowest BCUT2D eigenvalue weighted by atomic mass is 10.1. The van der Waals surface area contributed by atoms with E-state index in [1.807, 2.05) is 89.2 Å². The molecule has 0 aliphatic heterocycles. The molecule has 0 aliphatic rings. The van der Waals surface area contributed by atoms with Crippen LogP contribution < -0.4 is 0 Å². The minimum atomic E-state index is -0.879. The van der Waals surface area contributed by atoms with Crippen molar-refractivity contribution >= 4 is 68.1 Å². The Labute approximate surface area is 555 Å². The van der Waals surface area contributed by atoms with Gasteiger partial charge in [-0.25, -0.2) is 9.59 Å². The van der Waals surface area contributed by atoms with E-state index in [9.17, 15) is 9.59 Å². The third-order valence-electron chi connectivity index (χ3n) is 7.77. The monoisotopic (exact) mass is 1300 g/mol. The number of aliphatic hydroxyl groups excluding tert-OH is 5. The van der Waals surface area contributed by atoms with E-state index in [1.54, 1.807) is 84.9 Å². The zero-order valence-corrected chi connectivity index (χ0v) is 58.8. The highest BCUT2D eigenvalue weighted by Crippen LogP contribution is 2.13. The van der Waals surface area contributed by atoms with Gasteiger partial charge in [0.15, 0.2) is 0 Å². The van der Waals surface area contributed by atoms with Gasteiger partial charge in [-0.05, 0) is 68.7 Å². The molecule has 0 aromatic heterocycles. The smallest absolute Gasteiger partial charge is 0.335 e. The molecule has 0 fully saturated rings. The number of carboxylic acid groups (broad SMARTS) is 6. The molecule has 9 aromatic rings. The van der Waals surface area contributed by atoms with Crippen LogP contribution in [0.3, 0.4) is 0 Å². The number of fused-ring (bicyclic) bond motifs is 3. The molecule has 0 spiro atoms. The van der Waals surface area contributed by atoms with E-state index in [-0.39, 0.29) is 0 Å². The van der Waals surface area contributed by atoms with E-state index in [0.29, 0.717) is 16.9 Å². The number of rotatable bonds is 2. The lowest BCUT2D eigenvalue weighted by Gasteiger charge is -1.92. The SMILES string of the molecule is CC.CC.CC.CC.CC.CC.CC(=O)O.CC(=O)O.CC(=O)O.CC(=O)O.CO.CO.CO.CO.CO.O=C(O)c1ccccc1.O=C(O)c1ccccc1.Oc1ccccc1.c1ccc2ccccc2c1.c1ccc2ccccc2c1.c1ccc2ccccc2c1. The Morgan fingerprint density at radius 3 is 0.376 bits per heavy atom. The Morgan fingerprint density at radius 2 is 0.301 bits per heavy atom. The summed E-state index contributed by atoms with van der Waals surface area (Å²) < 4.78 is 0. The van der Waals surface area contributed by atoms with Crippen molar-refractivity contribution in [2.24, 2.45) is 0 Å². The van der Waals surface area contributed by atoms with Crippen LogP contribution in [0.2, 0.25) is 0 Å². The van der Waals surface area contributed by atoms with Crippen LogP contribution in [0, 0.1) is 0 Å². The summed E-state index contributed by atoms with van der Waals surface area (Å²) in [5.41, 5.74) is 0.662. The minimum Gasteiger partial charge on any atom is -0.508 e. The first kappa shape index (κ1) is 111. The molecule has 0 atom stereocenters. The average molecular weight is 1300 g/mol. The maximum Gasteiger partial charge on any atom is 0.335 e. The van der Waals surface area contributed by atoms with Crippen LogP contribution in [0.4, 0.5) is 0 Å². The van der Waals surface area contributed by atoms with Crippen molar-refractivity contribution in [1.29, 1.82) is 0 Å². The van der Waals surface area contributed by atoms with E-state index in [4.69, 9.17) is 80.5 Å². The summed E-state index contributed by atoms with van der Waals surface area (Å²) in [6, 6.07) is 75.4. The Kier molecular flexibility index (Phi) is 117. The summed E-state index contributed by atoms with van der Waals surface area (Å²) in [7, 11) is 5.00. The Hall–Kier alpha value is -9.82. The van der Waals surface area contributed by atoms with Gasteiger partial charge in [0.1, 0.15) is 5.75 Å². The second-order valence-electron chi connectivity index (χ2n) is 13.8. The zero-order chi connectivity index (χ0) is 75.2. The summed E-state index contributed by atoms with van der Waals surface area (Å²) in [5.74, 6) is -4.77. The van der Waals surface area contributed by atoms with Crippen LogP contribution >= 0.6 is 0 Å². The van der Waals surface area contributed by atoms with Gasteiger partial charge >= 0.3 is 11.9 Å². The fraction of sp³-hybridized carbons (Fsp3) is 0.280. The number of carbonyl (C=O) groups is 6. The molecule has 0 unspecified atom stereocenters. The molecule has 12 N–H and O–H groups in total. The van der Waals surface area contributed by atoms with Gasteiger partial charge in [0.2, 0.25) is 0 Å². The lowest BCUT2D eigenvalue weighted by molar-refractivity contribution is -0.135. The third kappa shape index (κ3) is 91.0. The molecule has 18 heteroatoms. The maximum atomic E-state index is 10.2.